The Kier molecular flexibility index (Phi) is 4.24. The van der Waals surface area contributed by atoms with Crippen molar-refractivity contribution in [3.63, 3.8) is 0 Å². The van der Waals surface area contributed by atoms with E-state index in [0.717, 1.165) is 25.0 Å². The van der Waals surface area contributed by atoms with Gasteiger partial charge in [-0.25, -0.2) is 9.79 Å². The van der Waals surface area contributed by atoms with E-state index in [1.807, 2.05) is 0 Å². The fraction of sp³-hybridized carbons (Fsp3) is 0.467. The van der Waals surface area contributed by atoms with Crippen molar-refractivity contribution in [3.05, 3.63) is 11.8 Å². The number of carbonyl (C=O) groups is 3. The molecule has 2 aliphatic rings. The number of carbonyl (C=O) groups excluding carboxylic acids is 3. The number of aliphatic imine (C=N–C) groups is 2. The van der Waals surface area contributed by atoms with E-state index in [1.165, 1.54) is 4.68 Å². The molecule has 1 saturated carbocycles. The minimum atomic E-state index is -0.994. The van der Waals surface area contributed by atoms with E-state index in [0.29, 0.717) is 5.69 Å². The lowest BCUT2D eigenvalue weighted by Crippen LogP contribution is -2.30. The van der Waals surface area contributed by atoms with Crippen LogP contribution >= 0.6 is 0 Å². The standard InChI is InChI=1S/C15H17N5O4/c1-3-24-14(23)13(22)17-11-7-8(2)19-20(11)15-16-10-6-4-5-9(10)12(21)18-15/h7,9H,3-6H2,1-2H3,(H,17,22). The monoisotopic (exact) mass is 331 g/mol. The Morgan fingerprint density at radius 3 is 2.96 bits per heavy atom. The highest BCUT2D eigenvalue weighted by Gasteiger charge is 2.33. The van der Waals surface area contributed by atoms with Crippen molar-refractivity contribution in [1.29, 1.82) is 0 Å². The summed E-state index contributed by atoms with van der Waals surface area (Å²) in [7, 11) is 0. The van der Waals surface area contributed by atoms with Gasteiger partial charge >= 0.3 is 11.9 Å². The molecule has 0 aromatic carbocycles. The van der Waals surface area contributed by atoms with Crippen LogP contribution in [0.3, 0.4) is 0 Å². The van der Waals surface area contributed by atoms with Gasteiger partial charge in [0.1, 0.15) is 5.82 Å². The van der Waals surface area contributed by atoms with Gasteiger partial charge in [-0.2, -0.15) is 14.8 Å². The highest BCUT2D eigenvalue weighted by molar-refractivity contribution is 6.37. The molecule has 9 nitrogen and oxygen atoms in total. The minimum absolute atomic E-state index is 0.0976. The molecule has 0 spiro atoms. The number of nitrogens with one attached hydrogen (secondary N) is 1. The van der Waals surface area contributed by atoms with E-state index in [2.05, 4.69) is 25.1 Å². The largest absolute Gasteiger partial charge is 0.459 e. The van der Waals surface area contributed by atoms with Crippen molar-refractivity contribution in [2.24, 2.45) is 15.9 Å². The number of rotatable bonds is 2. The van der Waals surface area contributed by atoms with Crippen LogP contribution in [-0.2, 0) is 19.1 Å². The lowest BCUT2D eigenvalue weighted by Gasteiger charge is -2.15. The number of aromatic nitrogens is 2. The minimum Gasteiger partial charge on any atom is -0.459 e. The Morgan fingerprint density at radius 1 is 1.42 bits per heavy atom. The van der Waals surface area contributed by atoms with Crippen LogP contribution in [0.1, 0.15) is 31.9 Å². The zero-order chi connectivity index (χ0) is 17.3. The summed E-state index contributed by atoms with van der Waals surface area (Å²) in [5, 5.41) is 6.61. The molecule has 3 rings (SSSR count). The summed E-state index contributed by atoms with van der Waals surface area (Å²) in [4.78, 5) is 43.8. The van der Waals surface area contributed by atoms with Crippen molar-refractivity contribution in [3.8, 4) is 0 Å². The zero-order valence-electron chi connectivity index (χ0n) is 13.4. The average Bonchev–Trinajstić information content (AvgIpc) is 3.14. The number of nitrogens with zero attached hydrogens (tertiary/aromatic N) is 4. The van der Waals surface area contributed by atoms with Gasteiger partial charge in [0.05, 0.1) is 18.2 Å². The second-order valence-electron chi connectivity index (χ2n) is 5.56. The first-order valence-electron chi connectivity index (χ1n) is 7.74. The Hall–Kier alpha value is -2.84. The smallest absolute Gasteiger partial charge is 0.397 e. The fourth-order valence-electron chi connectivity index (χ4n) is 2.76. The molecule has 2 amide bonds. The van der Waals surface area contributed by atoms with E-state index in [9.17, 15) is 14.4 Å². The van der Waals surface area contributed by atoms with Crippen molar-refractivity contribution in [1.82, 2.24) is 9.78 Å². The Labute approximate surface area is 137 Å². The van der Waals surface area contributed by atoms with Crippen LogP contribution in [0.5, 0.6) is 0 Å². The van der Waals surface area contributed by atoms with E-state index >= 15 is 0 Å². The molecule has 1 aliphatic carbocycles. The van der Waals surface area contributed by atoms with Crippen molar-refractivity contribution >= 4 is 35.3 Å². The molecule has 2 heterocycles. The van der Waals surface area contributed by atoms with Crippen LogP contribution in [0.2, 0.25) is 0 Å². The van der Waals surface area contributed by atoms with Gasteiger partial charge in [-0.05, 0) is 33.1 Å². The van der Waals surface area contributed by atoms with E-state index in [-0.39, 0.29) is 30.2 Å². The zero-order valence-corrected chi connectivity index (χ0v) is 13.4. The van der Waals surface area contributed by atoms with Gasteiger partial charge in [-0.15, -0.1) is 0 Å². The molecule has 0 bridgehead atoms. The predicted molar refractivity (Wildman–Crippen MR) is 84.8 cm³/mol. The number of anilines is 1. The number of hydrogen-bond acceptors (Lipinski definition) is 6. The lowest BCUT2D eigenvalue weighted by atomic mass is 10.1. The average molecular weight is 331 g/mol. The molecule has 24 heavy (non-hydrogen) atoms. The van der Waals surface area contributed by atoms with Gasteiger partial charge in [-0.3, -0.25) is 9.59 Å². The van der Waals surface area contributed by atoms with Gasteiger partial charge in [0.2, 0.25) is 0 Å². The molecule has 1 N–H and O–H groups in total. The number of aryl methyl sites for hydroxylation is 1. The predicted octanol–water partition coefficient (Wildman–Crippen LogP) is 0.679. The molecular formula is C15H17N5O4. The van der Waals surface area contributed by atoms with Gasteiger partial charge < -0.3 is 10.1 Å². The molecule has 1 fully saturated rings. The van der Waals surface area contributed by atoms with Crippen molar-refractivity contribution < 1.29 is 19.1 Å². The molecule has 1 aromatic rings. The number of esters is 1. The van der Waals surface area contributed by atoms with Crippen LogP contribution in [0, 0.1) is 12.8 Å². The second kappa shape index (κ2) is 6.34. The molecule has 126 valence electrons. The summed E-state index contributed by atoms with van der Waals surface area (Å²) in [5.41, 5.74) is 1.37. The molecule has 1 atom stereocenters. The summed E-state index contributed by atoms with van der Waals surface area (Å²) >= 11 is 0. The Morgan fingerprint density at radius 2 is 2.21 bits per heavy atom. The van der Waals surface area contributed by atoms with Crippen molar-refractivity contribution in [2.75, 3.05) is 11.9 Å². The maximum Gasteiger partial charge on any atom is 0.397 e. The lowest BCUT2D eigenvalue weighted by molar-refractivity contribution is -0.152. The Balaban J connectivity index is 1.88. The highest BCUT2D eigenvalue weighted by atomic mass is 16.5. The Bertz CT molecular complexity index is 777. The van der Waals surface area contributed by atoms with Crippen LogP contribution in [0.4, 0.5) is 5.82 Å². The van der Waals surface area contributed by atoms with E-state index < -0.39 is 11.9 Å². The van der Waals surface area contributed by atoms with Gasteiger partial charge in [0, 0.05) is 11.8 Å². The summed E-state index contributed by atoms with van der Waals surface area (Å²) in [5.74, 6) is -2.09. The highest BCUT2D eigenvalue weighted by Crippen LogP contribution is 2.27. The third-order valence-electron chi connectivity index (χ3n) is 3.80. The van der Waals surface area contributed by atoms with Crippen LogP contribution in [0.25, 0.3) is 0 Å². The van der Waals surface area contributed by atoms with Crippen LogP contribution in [0.15, 0.2) is 16.1 Å². The number of fused-ring (bicyclic) bond motifs is 1. The molecule has 0 saturated heterocycles. The van der Waals surface area contributed by atoms with Gasteiger partial charge in [-0.1, -0.05) is 0 Å². The quantitative estimate of drug-likeness (QED) is 0.632. The summed E-state index contributed by atoms with van der Waals surface area (Å²) in [6, 6.07) is 1.56. The SMILES string of the molecule is CCOC(=O)C(=O)Nc1cc(C)nn1C1=NC(=O)C2CCCC2=N1. The van der Waals surface area contributed by atoms with E-state index in [4.69, 9.17) is 0 Å². The maximum atomic E-state index is 12.1. The van der Waals surface area contributed by atoms with Crippen LogP contribution < -0.4 is 5.32 Å². The molecule has 9 heteroatoms. The normalized spacial score (nSPS) is 19.4. The summed E-state index contributed by atoms with van der Waals surface area (Å²) in [6.45, 7) is 3.42. The number of amides is 2. The summed E-state index contributed by atoms with van der Waals surface area (Å²) in [6.07, 6.45) is 2.42. The van der Waals surface area contributed by atoms with Crippen molar-refractivity contribution in [2.45, 2.75) is 33.1 Å². The fourth-order valence-corrected chi connectivity index (χ4v) is 2.76. The number of ether oxygens (including phenoxy) is 1. The molecule has 1 aliphatic heterocycles. The topological polar surface area (TPSA) is 115 Å². The maximum absolute atomic E-state index is 12.1. The first-order valence-corrected chi connectivity index (χ1v) is 7.74. The molecular weight excluding hydrogens is 314 g/mol. The summed E-state index contributed by atoms with van der Waals surface area (Å²) < 4.78 is 5.91. The molecule has 0 radical (unpaired) electrons. The third kappa shape index (κ3) is 2.97. The first-order chi connectivity index (χ1) is 11.5. The third-order valence-corrected chi connectivity index (χ3v) is 3.80. The first kappa shape index (κ1) is 16.0. The molecule has 1 aromatic heterocycles. The van der Waals surface area contributed by atoms with Gasteiger partial charge in [0.25, 0.3) is 11.9 Å². The number of hydrogen-bond donors (Lipinski definition) is 1. The van der Waals surface area contributed by atoms with Gasteiger partial charge in [0.15, 0.2) is 0 Å². The van der Waals surface area contributed by atoms with E-state index in [1.54, 1.807) is 19.9 Å². The second-order valence-corrected chi connectivity index (χ2v) is 5.56. The van der Waals surface area contributed by atoms with Crippen LogP contribution in [-0.4, -0.2) is 45.8 Å². The molecule has 1 unspecified atom stereocenters.